The topological polar surface area (TPSA) is 73.3 Å². The van der Waals surface area contributed by atoms with Crippen LogP contribution in [0.25, 0.3) is 0 Å². The molecule has 154 valence electrons. The Labute approximate surface area is 172 Å². The van der Waals surface area contributed by atoms with Crippen molar-refractivity contribution in [2.75, 3.05) is 13.1 Å². The van der Waals surface area contributed by atoms with E-state index in [0.717, 1.165) is 32.2 Å². The molecule has 4 aliphatic rings. The number of nitrogens with zero attached hydrogens (tertiary/aromatic N) is 1. The van der Waals surface area contributed by atoms with E-state index in [1.54, 1.807) is 0 Å². The molecule has 1 atom stereocenters. The highest BCUT2D eigenvalue weighted by Crippen LogP contribution is 2.49. The highest BCUT2D eigenvalue weighted by molar-refractivity contribution is 5.84. The second-order valence-electron chi connectivity index (χ2n) is 10.3. The monoisotopic (exact) mass is 393 g/mol. The van der Waals surface area contributed by atoms with E-state index in [9.17, 15) is 9.59 Å². The van der Waals surface area contributed by atoms with E-state index in [0.29, 0.717) is 24.8 Å². The molecule has 1 aromatic carbocycles. The van der Waals surface area contributed by atoms with Crippen molar-refractivity contribution in [1.82, 2.24) is 10.2 Å². The molecular weight excluding hydrogens is 362 g/mol. The molecule has 0 aromatic heterocycles. The van der Waals surface area contributed by atoms with Gasteiger partial charge < -0.3 is 15.6 Å². The number of hydrogen-bond acceptors (Lipinski definition) is 3. The van der Waals surface area contributed by atoms with Crippen LogP contribution in [0.1, 0.15) is 69.4 Å². The predicted octanol–water partition coefficient (Wildman–Crippen LogP) is 3.31. The normalized spacial score (nSPS) is 34.7. The van der Waals surface area contributed by atoms with Crippen LogP contribution in [0, 0.1) is 11.3 Å². The molecular formula is C24H31N3O2. The van der Waals surface area contributed by atoms with Gasteiger partial charge in [0.05, 0.1) is 0 Å². The second kappa shape index (κ2) is 6.41. The number of rotatable bonds is 5. The minimum absolute atomic E-state index is 0.0429. The molecule has 2 heterocycles. The number of nitrogens with one attached hydrogen (secondary N) is 2. The molecule has 2 aliphatic heterocycles. The van der Waals surface area contributed by atoms with Crippen LogP contribution in [0.15, 0.2) is 24.3 Å². The van der Waals surface area contributed by atoms with Crippen LogP contribution in [0.2, 0.25) is 0 Å². The Morgan fingerprint density at radius 2 is 1.86 bits per heavy atom. The van der Waals surface area contributed by atoms with E-state index in [-0.39, 0.29) is 28.7 Å². The summed E-state index contributed by atoms with van der Waals surface area (Å²) in [5.41, 5.74) is 2.80. The average molecular weight is 394 g/mol. The van der Waals surface area contributed by atoms with E-state index in [4.69, 9.17) is 5.41 Å². The standard InChI is InChI=1S/C24H31N3O2/c1-22(8-9-22)18-2-4-19(5-3-18)23(10-12-25)11-13-27(16-23)21(29)17-14-24(15-17)7-6-20(28)26-24/h2-5,12,17,25H,6-11,13-16H2,1H3,(H,26,28)/t17?,23-,24?/m1/s1. The summed E-state index contributed by atoms with van der Waals surface area (Å²) in [4.78, 5) is 26.7. The molecule has 29 heavy (non-hydrogen) atoms. The lowest BCUT2D eigenvalue weighted by atomic mass is 9.67. The van der Waals surface area contributed by atoms with Gasteiger partial charge in [-0.1, -0.05) is 31.2 Å². The number of hydrogen-bond donors (Lipinski definition) is 2. The van der Waals surface area contributed by atoms with Crippen LogP contribution in [0.5, 0.6) is 0 Å². The Morgan fingerprint density at radius 1 is 1.17 bits per heavy atom. The van der Waals surface area contributed by atoms with Gasteiger partial charge in [-0.2, -0.15) is 0 Å². The Balaban J connectivity index is 1.28. The number of carbonyl (C=O) groups excluding carboxylic acids is 2. The molecule has 0 radical (unpaired) electrons. The van der Waals surface area contributed by atoms with Crippen molar-refractivity contribution in [3.8, 4) is 0 Å². The zero-order chi connectivity index (χ0) is 20.3. The molecule has 4 fully saturated rings. The third kappa shape index (κ3) is 3.10. The highest BCUT2D eigenvalue weighted by Gasteiger charge is 2.53. The minimum atomic E-state index is -0.136. The molecule has 2 saturated carbocycles. The first-order valence-corrected chi connectivity index (χ1v) is 11.1. The number of benzene rings is 1. The summed E-state index contributed by atoms with van der Waals surface area (Å²) in [6, 6.07) is 9.00. The lowest BCUT2D eigenvalue weighted by Crippen LogP contribution is -2.56. The van der Waals surface area contributed by atoms with Gasteiger partial charge in [0.2, 0.25) is 11.8 Å². The van der Waals surface area contributed by atoms with Gasteiger partial charge in [-0.15, -0.1) is 0 Å². The minimum Gasteiger partial charge on any atom is -0.351 e. The molecule has 2 aliphatic carbocycles. The summed E-state index contributed by atoms with van der Waals surface area (Å²) in [5.74, 6) is 0.415. The van der Waals surface area contributed by atoms with Crippen molar-refractivity contribution < 1.29 is 9.59 Å². The van der Waals surface area contributed by atoms with Crippen molar-refractivity contribution in [1.29, 1.82) is 5.41 Å². The number of amides is 2. The largest absolute Gasteiger partial charge is 0.351 e. The molecule has 2 amide bonds. The Bertz CT molecular complexity index is 851. The van der Waals surface area contributed by atoms with Gasteiger partial charge in [-0.3, -0.25) is 9.59 Å². The first-order valence-electron chi connectivity index (χ1n) is 11.1. The smallest absolute Gasteiger partial charge is 0.225 e. The number of carbonyl (C=O) groups is 2. The van der Waals surface area contributed by atoms with Crippen molar-refractivity contribution in [2.45, 2.75) is 74.7 Å². The summed E-state index contributed by atoms with van der Waals surface area (Å²) >= 11 is 0. The van der Waals surface area contributed by atoms with Crippen LogP contribution in [-0.2, 0) is 20.4 Å². The van der Waals surface area contributed by atoms with Crippen molar-refractivity contribution >= 4 is 18.0 Å². The fourth-order valence-electron chi connectivity index (χ4n) is 5.87. The predicted molar refractivity (Wildman–Crippen MR) is 112 cm³/mol. The van der Waals surface area contributed by atoms with Gasteiger partial charge in [0.25, 0.3) is 0 Å². The van der Waals surface area contributed by atoms with Crippen LogP contribution >= 0.6 is 0 Å². The summed E-state index contributed by atoms with van der Waals surface area (Å²) in [5, 5.41) is 10.8. The SMILES string of the molecule is CC1(c2ccc([C@]3(CC=N)CCN(C(=O)C4CC5(CCC(=O)N5)C4)C3)cc2)CC1. The zero-order valence-corrected chi connectivity index (χ0v) is 17.3. The summed E-state index contributed by atoms with van der Waals surface area (Å²) in [6.07, 6.45) is 8.69. The van der Waals surface area contributed by atoms with Crippen LogP contribution in [0.4, 0.5) is 0 Å². The molecule has 1 spiro atoms. The van der Waals surface area contributed by atoms with Crippen molar-refractivity contribution in [3.63, 3.8) is 0 Å². The van der Waals surface area contributed by atoms with E-state index in [2.05, 4.69) is 36.5 Å². The molecule has 0 unspecified atom stereocenters. The van der Waals surface area contributed by atoms with Gasteiger partial charge in [-0.05, 0) is 67.7 Å². The van der Waals surface area contributed by atoms with E-state index in [1.165, 1.54) is 30.2 Å². The van der Waals surface area contributed by atoms with Gasteiger partial charge in [0, 0.05) is 36.4 Å². The fraction of sp³-hybridized carbons (Fsp3) is 0.625. The van der Waals surface area contributed by atoms with Crippen molar-refractivity contribution in [3.05, 3.63) is 35.4 Å². The maximum Gasteiger partial charge on any atom is 0.225 e. The van der Waals surface area contributed by atoms with E-state index < -0.39 is 0 Å². The average Bonchev–Trinajstić information content (AvgIpc) is 3.12. The highest BCUT2D eigenvalue weighted by atomic mass is 16.2. The lowest BCUT2D eigenvalue weighted by Gasteiger charge is -2.45. The van der Waals surface area contributed by atoms with Crippen LogP contribution in [0.3, 0.4) is 0 Å². The first kappa shape index (κ1) is 18.8. The van der Waals surface area contributed by atoms with Crippen molar-refractivity contribution in [2.24, 2.45) is 5.92 Å². The van der Waals surface area contributed by atoms with Crippen LogP contribution in [-0.4, -0.2) is 41.6 Å². The molecule has 1 aromatic rings. The Hall–Kier alpha value is -2.17. The fourth-order valence-corrected chi connectivity index (χ4v) is 5.87. The third-order valence-corrected chi connectivity index (χ3v) is 8.21. The number of likely N-dealkylation sites (tertiary alicyclic amines) is 1. The first-order chi connectivity index (χ1) is 13.9. The van der Waals surface area contributed by atoms with Gasteiger partial charge in [0.15, 0.2) is 0 Å². The second-order valence-corrected chi connectivity index (χ2v) is 10.3. The molecule has 2 saturated heterocycles. The zero-order valence-electron chi connectivity index (χ0n) is 17.3. The maximum absolute atomic E-state index is 13.1. The lowest BCUT2D eigenvalue weighted by molar-refractivity contribution is -0.141. The third-order valence-electron chi connectivity index (χ3n) is 8.21. The van der Waals surface area contributed by atoms with E-state index >= 15 is 0 Å². The molecule has 5 rings (SSSR count). The summed E-state index contributed by atoms with van der Waals surface area (Å²) < 4.78 is 0. The molecule has 5 nitrogen and oxygen atoms in total. The molecule has 5 heteroatoms. The van der Waals surface area contributed by atoms with Gasteiger partial charge in [-0.25, -0.2) is 0 Å². The maximum atomic E-state index is 13.1. The summed E-state index contributed by atoms with van der Waals surface area (Å²) in [6.45, 7) is 3.79. The summed E-state index contributed by atoms with van der Waals surface area (Å²) in [7, 11) is 0. The molecule has 0 bridgehead atoms. The van der Waals surface area contributed by atoms with Gasteiger partial charge in [0.1, 0.15) is 0 Å². The van der Waals surface area contributed by atoms with E-state index in [1.807, 2.05) is 4.90 Å². The van der Waals surface area contributed by atoms with Crippen LogP contribution < -0.4 is 5.32 Å². The Morgan fingerprint density at radius 3 is 2.45 bits per heavy atom. The van der Waals surface area contributed by atoms with Gasteiger partial charge >= 0.3 is 0 Å². The molecule has 2 N–H and O–H groups in total. The Kier molecular flexibility index (Phi) is 4.17. The quantitative estimate of drug-likeness (QED) is 0.753.